The third kappa shape index (κ3) is 5.82. The Bertz CT molecular complexity index is 633. The van der Waals surface area contributed by atoms with Crippen LogP contribution in [0.25, 0.3) is 0 Å². The van der Waals surface area contributed by atoms with E-state index in [1.54, 1.807) is 12.3 Å². The van der Waals surface area contributed by atoms with Crippen molar-refractivity contribution in [1.82, 2.24) is 10.3 Å². The first-order valence-corrected chi connectivity index (χ1v) is 8.69. The quantitative estimate of drug-likeness (QED) is 0.676. The third-order valence-corrected chi connectivity index (χ3v) is 4.22. The van der Waals surface area contributed by atoms with Gasteiger partial charge in [0.25, 0.3) is 5.91 Å². The molecule has 0 aliphatic rings. The first kappa shape index (κ1) is 17.7. The maximum atomic E-state index is 12.3. The number of rotatable bonds is 9. The number of aromatic nitrogens is 1. The second-order valence-corrected chi connectivity index (χ2v) is 6.48. The molecule has 0 unspecified atom stereocenters. The van der Waals surface area contributed by atoms with E-state index >= 15 is 0 Å². The predicted molar refractivity (Wildman–Crippen MR) is 94.3 cm³/mol. The van der Waals surface area contributed by atoms with Crippen molar-refractivity contribution in [3.05, 3.63) is 45.4 Å². The molecular formula is C16H20ClN3O2S. The summed E-state index contributed by atoms with van der Waals surface area (Å²) in [7, 11) is 0. The summed E-state index contributed by atoms with van der Waals surface area (Å²) in [6.45, 7) is 4.48. The van der Waals surface area contributed by atoms with E-state index in [2.05, 4.69) is 15.6 Å². The number of halogens is 1. The Hall–Kier alpha value is -1.63. The molecule has 0 saturated heterocycles. The van der Waals surface area contributed by atoms with E-state index in [9.17, 15) is 4.79 Å². The van der Waals surface area contributed by atoms with Gasteiger partial charge in [-0.1, -0.05) is 23.7 Å². The number of benzene rings is 1. The van der Waals surface area contributed by atoms with Crippen LogP contribution in [0.5, 0.6) is 0 Å². The minimum Gasteiger partial charge on any atom is -0.382 e. The number of carbonyl (C=O) groups excluding carboxylic acids is 1. The van der Waals surface area contributed by atoms with Crippen molar-refractivity contribution >= 4 is 34.5 Å². The second kappa shape index (κ2) is 9.50. The Morgan fingerprint density at radius 1 is 1.39 bits per heavy atom. The Morgan fingerprint density at radius 3 is 2.96 bits per heavy atom. The van der Waals surface area contributed by atoms with E-state index in [4.69, 9.17) is 16.3 Å². The van der Waals surface area contributed by atoms with E-state index in [-0.39, 0.29) is 5.91 Å². The van der Waals surface area contributed by atoms with Crippen molar-refractivity contribution in [1.29, 1.82) is 0 Å². The molecule has 2 aromatic rings. The summed E-state index contributed by atoms with van der Waals surface area (Å²) in [6, 6.07) is 7.44. The highest BCUT2D eigenvalue weighted by atomic mass is 35.5. The van der Waals surface area contributed by atoms with Gasteiger partial charge in [-0.3, -0.25) is 4.79 Å². The van der Waals surface area contributed by atoms with Crippen LogP contribution >= 0.6 is 22.9 Å². The van der Waals surface area contributed by atoms with Gasteiger partial charge in [-0.25, -0.2) is 4.98 Å². The van der Waals surface area contributed by atoms with Gasteiger partial charge in [0.15, 0.2) is 4.47 Å². The summed E-state index contributed by atoms with van der Waals surface area (Å²) >= 11 is 7.24. The molecule has 1 aromatic carbocycles. The fourth-order valence-electron chi connectivity index (χ4n) is 2.00. The van der Waals surface area contributed by atoms with Crippen molar-refractivity contribution in [2.24, 2.45) is 0 Å². The van der Waals surface area contributed by atoms with Gasteiger partial charge >= 0.3 is 0 Å². The summed E-state index contributed by atoms with van der Waals surface area (Å²) in [6.07, 6.45) is 2.53. The first-order valence-electron chi connectivity index (χ1n) is 7.49. The highest BCUT2D eigenvalue weighted by Crippen LogP contribution is 2.20. The standard InChI is InChI=1S/C16H20ClN3O2S/c1-2-22-9-5-8-18-15(21)13-6-3-4-7-14(13)19-10-12-11-20-16(17)23-12/h3-4,6-7,11,19H,2,5,8-10H2,1H3,(H,18,21). The summed E-state index contributed by atoms with van der Waals surface area (Å²) in [5.41, 5.74) is 1.42. The molecular weight excluding hydrogens is 334 g/mol. The molecule has 23 heavy (non-hydrogen) atoms. The van der Waals surface area contributed by atoms with Crippen LogP contribution in [-0.2, 0) is 11.3 Å². The van der Waals surface area contributed by atoms with Crippen LogP contribution in [0.4, 0.5) is 5.69 Å². The van der Waals surface area contributed by atoms with E-state index in [0.717, 1.165) is 17.0 Å². The van der Waals surface area contributed by atoms with Crippen molar-refractivity contribution in [3.8, 4) is 0 Å². The molecule has 5 nitrogen and oxygen atoms in total. The SMILES string of the molecule is CCOCCCNC(=O)c1ccccc1NCc1cnc(Cl)s1. The average Bonchev–Trinajstić information content (AvgIpc) is 2.98. The number of thiazole rings is 1. The molecule has 1 heterocycles. The molecule has 0 saturated carbocycles. The number of carbonyl (C=O) groups is 1. The van der Waals surface area contributed by atoms with Gasteiger partial charge in [0.2, 0.25) is 0 Å². The second-order valence-electron chi connectivity index (χ2n) is 4.79. The molecule has 7 heteroatoms. The van der Waals surface area contributed by atoms with E-state index in [1.807, 2.05) is 25.1 Å². The number of anilines is 1. The summed E-state index contributed by atoms with van der Waals surface area (Å²) in [5, 5.41) is 6.17. The Kier molecular flexibility index (Phi) is 7.32. The highest BCUT2D eigenvalue weighted by Gasteiger charge is 2.10. The van der Waals surface area contributed by atoms with Gasteiger partial charge in [0, 0.05) is 36.5 Å². The lowest BCUT2D eigenvalue weighted by molar-refractivity contribution is 0.0945. The summed E-state index contributed by atoms with van der Waals surface area (Å²) < 4.78 is 5.77. The summed E-state index contributed by atoms with van der Waals surface area (Å²) in [4.78, 5) is 17.3. The zero-order chi connectivity index (χ0) is 16.5. The van der Waals surface area contributed by atoms with Crippen LogP contribution in [0.3, 0.4) is 0 Å². The van der Waals surface area contributed by atoms with E-state index in [1.165, 1.54) is 11.3 Å². The van der Waals surface area contributed by atoms with Gasteiger partial charge in [-0.2, -0.15) is 0 Å². The molecule has 0 aliphatic carbocycles. The maximum absolute atomic E-state index is 12.3. The highest BCUT2D eigenvalue weighted by molar-refractivity contribution is 7.15. The number of nitrogens with one attached hydrogen (secondary N) is 2. The zero-order valence-corrected chi connectivity index (χ0v) is 14.5. The molecule has 0 atom stereocenters. The van der Waals surface area contributed by atoms with Gasteiger partial charge in [0.05, 0.1) is 12.1 Å². The number of nitrogens with zero attached hydrogens (tertiary/aromatic N) is 1. The van der Waals surface area contributed by atoms with Crippen molar-refractivity contribution in [2.75, 3.05) is 25.1 Å². The number of para-hydroxylation sites is 1. The molecule has 0 bridgehead atoms. The zero-order valence-electron chi connectivity index (χ0n) is 13.0. The molecule has 124 valence electrons. The lowest BCUT2D eigenvalue weighted by atomic mass is 10.1. The normalized spacial score (nSPS) is 10.5. The average molecular weight is 354 g/mol. The maximum Gasteiger partial charge on any atom is 0.253 e. The fraction of sp³-hybridized carbons (Fsp3) is 0.375. The Morgan fingerprint density at radius 2 is 2.22 bits per heavy atom. The van der Waals surface area contributed by atoms with Crippen molar-refractivity contribution < 1.29 is 9.53 Å². The minimum atomic E-state index is -0.0908. The first-order chi connectivity index (χ1) is 11.2. The Labute approximate surface area is 145 Å². The molecule has 1 aromatic heterocycles. The van der Waals surface area contributed by atoms with Crippen LogP contribution in [0.15, 0.2) is 30.5 Å². The van der Waals surface area contributed by atoms with Gasteiger partial charge in [-0.05, 0) is 25.5 Å². The lowest BCUT2D eigenvalue weighted by Crippen LogP contribution is -2.26. The van der Waals surface area contributed by atoms with Crippen LogP contribution in [0.1, 0.15) is 28.6 Å². The number of hydrogen-bond acceptors (Lipinski definition) is 5. The molecule has 2 rings (SSSR count). The molecule has 0 radical (unpaired) electrons. The van der Waals surface area contributed by atoms with Crippen molar-refractivity contribution in [2.45, 2.75) is 19.9 Å². The van der Waals surface area contributed by atoms with E-state index in [0.29, 0.717) is 36.3 Å². The van der Waals surface area contributed by atoms with Crippen LogP contribution < -0.4 is 10.6 Å². The van der Waals surface area contributed by atoms with Crippen LogP contribution in [-0.4, -0.2) is 30.6 Å². The minimum absolute atomic E-state index is 0.0908. The molecule has 0 spiro atoms. The number of amides is 1. The topological polar surface area (TPSA) is 63.2 Å². The monoisotopic (exact) mass is 353 g/mol. The van der Waals surface area contributed by atoms with Gasteiger partial charge in [-0.15, -0.1) is 11.3 Å². The molecule has 0 aliphatic heterocycles. The molecule has 0 fully saturated rings. The number of ether oxygens (including phenoxy) is 1. The van der Waals surface area contributed by atoms with Gasteiger partial charge < -0.3 is 15.4 Å². The smallest absolute Gasteiger partial charge is 0.253 e. The molecule has 2 N–H and O–H groups in total. The van der Waals surface area contributed by atoms with Crippen LogP contribution in [0, 0.1) is 0 Å². The lowest BCUT2D eigenvalue weighted by Gasteiger charge is -2.11. The fourth-order valence-corrected chi connectivity index (χ4v) is 2.92. The molecule has 1 amide bonds. The van der Waals surface area contributed by atoms with Gasteiger partial charge in [0.1, 0.15) is 0 Å². The Balaban J connectivity index is 1.89. The largest absolute Gasteiger partial charge is 0.382 e. The predicted octanol–water partition coefficient (Wildman–Crippen LogP) is 3.57. The van der Waals surface area contributed by atoms with E-state index < -0.39 is 0 Å². The van der Waals surface area contributed by atoms with Crippen molar-refractivity contribution in [3.63, 3.8) is 0 Å². The third-order valence-electron chi connectivity index (χ3n) is 3.11. The summed E-state index contributed by atoms with van der Waals surface area (Å²) in [5.74, 6) is -0.0908. The van der Waals surface area contributed by atoms with Crippen LogP contribution in [0.2, 0.25) is 4.47 Å². The number of hydrogen-bond donors (Lipinski definition) is 2.